The second-order valence-corrected chi connectivity index (χ2v) is 6.82. The van der Waals surface area contributed by atoms with Gasteiger partial charge in [0, 0.05) is 17.9 Å². The molecule has 0 spiro atoms. The first-order valence-electron chi connectivity index (χ1n) is 2.43. The van der Waals surface area contributed by atoms with Gasteiger partial charge in [-0.3, -0.25) is 9.35 Å². The summed E-state index contributed by atoms with van der Waals surface area (Å²) in [4.78, 5) is 0. The van der Waals surface area contributed by atoms with E-state index in [-0.39, 0.29) is 0 Å². The topological polar surface area (TPSA) is 52.3 Å². The van der Waals surface area contributed by atoms with Crippen LogP contribution >= 0.6 is 0 Å². The molecular formula is C5H13NO2S. The van der Waals surface area contributed by atoms with Crippen molar-refractivity contribution in [1.82, 2.24) is 0 Å². The van der Waals surface area contributed by atoms with Crippen molar-refractivity contribution in [3.05, 3.63) is 11.7 Å². The highest BCUT2D eigenvalue weighted by molar-refractivity contribution is 8.19. The molecule has 0 saturated heterocycles. The zero-order valence-electron chi connectivity index (χ0n) is 5.96. The molecule has 9 heavy (non-hydrogen) atoms. The predicted molar refractivity (Wildman–Crippen MR) is 40.3 cm³/mol. The number of nitrogens with two attached hydrogens (primary N) is 1. The van der Waals surface area contributed by atoms with Gasteiger partial charge in [-0.15, -0.1) is 0 Å². The van der Waals surface area contributed by atoms with Crippen LogP contribution in [0.2, 0.25) is 0 Å². The van der Waals surface area contributed by atoms with Crippen LogP contribution in [0, 0.1) is 0 Å². The molecule has 0 rings (SSSR count). The summed E-state index contributed by atoms with van der Waals surface area (Å²) in [5.41, 5.74) is 0. The lowest BCUT2D eigenvalue weighted by molar-refractivity contribution is 0.338. The van der Waals surface area contributed by atoms with Crippen molar-refractivity contribution in [3.63, 3.8) is 0 Å². The number of ether oxygens (including phenoxy) is 1. The average molecular weight is 151 g/mol. The highest BCUT2D eigenvalue weighted by Crippen LogP contribution is 2.07. The van der Waals surface area contributed by atoms with E-state index in [1.807, 2.05) is 0 Å². The maximum absolute atomic E-state index is 11.2. The highest BCUT2D eigenvalue weighted by Gasteiger charge is 2.11. The van der Waals surface area contributed by atoms with Gasteiger partial charge in [-0.1, -0.05) is 0 Å². The van der Waals surface area contributed by atoms with Gasteiger partial charge in [0.25, 0.3) is 0 Å². The largest absolute Gasteiger partial charge is 0.504 e. The Morgan fingerprint density at radius 3 is 2.11 bits per heavy atom. The van der Waals surface area contributed by atoms with Gasteiger partial charge < -0.3 is 4.74 Å². The highest BCUT2D eigenvalue weighted by atomic mass is 32.3. The minimum absolute atomic E-state index is 1.33. The van der Waals surface area contributed by atoms with Gasteiger partial charge in [-0.05, 0) is 9.25 Å². The van der Waals surface area contributed by atoms with Crippen LogP contribution in [0.25, 0.3) is 0 Å². The van der Waals surface area contributed by atoms with Crippen LogP contribution in [-0.2, 0) is 14.0 Å². The lowest BCUT2D eigenvalue weighted by Crippen LogP contribution is -2.36. The van der Waals surface area contributed by atoms with E-state index in [0.717, 1.165) is 0 Å². The maximum atomic E-state index is 11.2. The molecule has 0 aliphatic heterocycles. The smallest absolute Gasteiger partial charge is 0.0907 e. The van der Waals surface area contributed by atoms with E-state index < -0.39 is 9.25 Å². The summed E-state index contributed by atoms with van der Waals surface area (Å²) in [5, 5.41) is 6.72. The molecule has 0 unspecified atom stereocenters. The van der Waals surface area contributed by atoms with Crippen molar-refractivity contribution in [2.24, 2.45) is 5.14 Å². The van der Waals surface area contributed by atoms with Crippen LogP contribution in [-0.4, -0.2) is 23.8 Å². The van der Waals surface area contributed by atoms with E-state index in [4.69, 9.17) is 5.14 Å². The van der Waals surface area contributed by atoms with Gasteiger partial charge in [0.05, 0.1) is 13.4 Å². The normalized spacial score (nSPS) is 17.1. The van der Waals surface area contributed by atoms with Crippen LogP contribution in [0.3, 0.4) is 0 Å². The monoisotopic (exact) mass is 151 g/mol. The van der Waals surface area contributed by atoms with Gasteiger partial charge in [-0.2, -0.15) is 0 Å². The molecule has 4 heteroatoms. The van der Waals surface area contributed by atoms with E-state index in [1.165, 1.54) is 31.3 Å². The van der Waals surface area contributed by atoms with Crippen molar-refractivity contribution in [2.75, 3.05) is 19.6 Å². The molecule has 0 radical (unpaired) electrons. The third kappa shape index (κ3) is 7.65. The molecule has 2 N–H and O–H groups in total. The third-order valence-electron chi connectivity index (χ3n) is 0.598. The van der Waals surface area contributed by atoms with Crippen LogP contribution in [0.15, 0.2) is 11.7 Å². The second kappa shape index (κ2) is 2.11. The molecule has 0 fully saturated rings. The first-order valence-corrected chi connectivity index (χ1v) is 5.34. The van der Waals surface area contributed by atoms with Gasteiger partial charge >= 0.3 is 0 Å². The van der Waals surface area contributed by atoms with E-state index >= 15 is 0 Å². The summed E-state index contributed by atoms with van der Waals surface area (Å²) in [5.74, 6) is 0. The summed E-state index contributed by atoms with van der Waals surface area (Å²) in [7, 11) is -1.48. The van der Waals surface area contributed by atoms with Gasteiger partial charge in [0.2, 0.25) is 0 Å². The summed E-state index contributed by atoms with van der Waals surface area (Å²) >= 11 is 0. The predicted octanol–water partition coefficient (Wildman–Crippen LogP) is 0.0574. The molecular weight excluding hydrogens is 138 g/mol. The lowest BCUT2D eigenvalue weighted by Gasteiger charge is -2.22. The molecule has 0 atom stereocenters. The molecule has 0 aromatic rings. The molecule has 0 aromatic carbocycles. The van der Waals surface area contributed by atoms with Crippen LogP contribution in [0.1, 0.15) is 0 Å². The van der Waals surface area contributed by atoms with E-state index in [2.05, 4.69) is 4.74 Å². The van der Waals surface area contributed by atoms with Crippen molar-refractivity contribution < 1.29 is 8.95 Å². The van der Waals surface area contributed by atoms with Crippen molar-refractivity contribution in [2.45, 2.75) is 0 Å². The molecule has 0 saturated carbocycles. The minimum atomic E-state index is -2.96. The quantitative estimate of drug-likeness (QED) is 0.567. The number of hydrogen-bond acceptors (Lipinski definition) is 2. The van der Waals surface area contributed by atoms with Crippen LogP contribution in [0.4, 0.5) is 0 Å². The second-order valence-electron chi connectivity index (χ2n) is 2.52. The fraction of sp³-hybridized carbons (Fsp3) is 0.600. The van der Waals surface area contributed by atoms with Gasteiger partial charge in [0.15, 0.2) is 0 Å². The Bertz CT molecular complexity index is 168. The Hall–Kier alpha value is -0.350. The van der Waals surface area contributed by atoms with Crippen LogP contribution < -0.4 is 5.14 Å². The fourth-order valence-electron chi connectivity index (χ4n) is 0.221. The molecule has 3 nitrogen and oxygen atoms in total. The molecule has 0 aliphatic carbocycles. The molecule has 0 heterocycles. The molecule has 0 bridgehead atoms. The third-order valence-corrected chi connectivity index (χ3v) is 1.52. The zero-order valence-corrected chi connectivity index (χ0v) is 6.77. The lowest BCUT2D eigenvalue weighted by atomic mass is 11.1. The minimum Gasteiger partial charge on any atom is -0.504 e. The summed E-state index contributed by atoms with van der Waals surface area (Å²) in [6.07, 6.45) is 4.29. The summed E-state index contributed by atoms with van der Waals surface area (Å²) in [6, 6.07) is 0. The van der Waals surface area contributed by atoms with Gasteiger partial charge in [0.1, 0.15) is 0 Å². The first kappa shape index (κ1) is 8.65. The number of methoxy groups -OCH3 is 1. The Morgan fingerprint density at radius 1 is 1.56 bits per heavy atom. The Labute approximate surface area is 55.4 Å². The van der Waals surface area contributed by atoms with E-state index in [1.54, 1.807) is 0 Å². The Balaban J connectivity index is 4.23. The van der Waals surface area contributed by atoms with Crippen LogP contribution in [0.5, 0.6) is 0 Å². The summed E-state index contributed by atoms with van der Waals surface area (Å²) < 4.78 is 15.7. The van der Waals surface area contributed by atoms with Crippen molar-refractivity contribution >= 4 is 9.25 Å². The molecule has 56 valence electrons. The maximum Gasteiger partial charge on any atom is 0.0907 e. The SMILES string of the molecule is CO/C=C\S(C)(C)(N)=O. The molecule has 0 aromatic heterocycles. The summed E-state index contributed by atoms with van der Waals surface area (Å²) in [6.45, 7) is 0. The standard InChI is InChI=1S/C5H13NO2S/c1-8-4-5-9(2,3,6)7/h4-5H,1-3H3,(H2,6,7)/b5-4-. The zero-order chi connectivity index (χ0) is 7.57. The average Bonchev–Trinajstić information content (AvgIpc) is 1.57. The van der Waals surface area contributed by atoms with Crippen molar-refractivity contribution in [1.29, 1.82) is 0 Å². The van der Waals surface area contributed by atoms with Gasteiger partial charge in [-0.25, -0.2) is 0 Å². The van der Waals surface area contributed by atoms with Crippen molar-refractivity contribution in [3.8, 4) is 0 Å². The fourth-order valence-corrected chi connectivity index (χ4v) is 0.664. The van der Waals surface area contributed by atoms with E-state index in [9.17, 15) is 4.21 Å². The number of rotatable bonds is 2. The first-order chi connectivity index (χ1) is 3.81. The molecule has 0 aliphatic rings. The Morgan fingerprint density at radius 2 is 2.00 bits per heavy atom. The van der Waals surface area contributed by atoms with E-state index in [0.29, 0.717) is 0 Å². The number of hydrogen-bond donors (Lipinski definition) is 1. The molecule has 0 amide bonds. The Kier molecular flexibility index (Phi) is 2.03.